The molecular weight excluding hydrogens is 562 g/mol. The van der Waals surface area contributed by atoms with Gasteiger partial charge in [-0.3, -0.25) is 4.79 Å². The minimum atomic E-state index is -0.924. The van der Waals surface area contributed by atoms with E-state index in [-0.39, 0.29) is 42.0 Å². The number of hydrogen-bond donors (Lipinski definition) is 2. The first kappa shape index (κ1) is 37.8. The molecule has 0 saturated carbocycles. The number of ketones is 1. The molecule has 0 unspecified atom stereocenters. The Morgan fingerprint density at radius 3 is 2.34 bits per heavy atom. The summed E-state index contributed by atoms with van der Waals surface area (Å²) in [6, 6.07) is 5.31. The van der Waals surface area contributed by atoms with Gasteiger partial charge in [0, 0.05) is 26.1 Å². The molecule has 0 bridgehead atoms. The lowest BCUT2D eigenvalue weighted by Crippen LogP contribution is -2.48. The molecule has 1 fully saturated rings. The molecule has 1 aromatic carbocycles. The molecule has 1 aromatic rings. The van der Waals surface area contributed by atoms with E-state index in [1.807, 2.05) is 52.8 Å². The van der Waals surface area contributed by atoms with Gasteiger partial charge in [0.25, 0.3) is 0 Å². The third kappa shape index (κ3) is 13.3. The highest BCUT2D eigenvalue weighted by molar-refractivity contribution is 5.81. The van der Waals surface area contributed by atoms with Crippen LogP contribution in [-0.4, -0.2) is 74.9 Å². The number of hydrogen-bond acceptors (Lipinski definition) is 8. The van der Waals surface area contributed by atoms with Crippen molar-refractivity contribution in [1.82, 2.24) is 5.32 Å². The summed E-state index contributed by atoms with van der Waals surface area (Å²) in [5.74, 6) is 1.53. The maximum Gasteiger partial charge on any atom is 0.407 e. The smallest absolute Gasteiger partial charge is 0.407 e. The second-order valence-electron chi connectivity index (χ2n) is 13.8. The van der Waals surface area contributed by atoms with E-state index in [0.717, 1.165) is 25.0 Å². The molecule has 0 aliphatic carbocycles. The monoisotopic (exact) mass is 621 g/mol. The number of aliphatic hydroxyl groups is 1. The average Bonchev–Trinajstić information content (AvgIpc) is 3.46. The Labute approximate surface area is 265 Å². The SMILES string of the molecule is COCCOc1cc(C[C@@H](C[C@H](NC(=O)OC(C)(C)C)[C@@H](O)C[C@H](C(=O)CC[C@@H]2CCCO2)C(C)C)C(C)C)ccc1OC. The van der Waals surface area contributed by atoms with Crippen molar-refractivity contribution >= 4 is 11.9 Å². The predicted octanol–water partition coefficient (Wildman–Crippen LogP) is 6.37. The fourth-order valence-corrected chi connectivity index (χ4v) is 5.75. The second kappa shape index (κ2) is 18.6. The lowest BCUT2D eigenvalue weighted by Gasteiger charge is -2.33. The van der Waals surface area contributed by atoms with Crippen molar-refractivity contribution in [1.29, 1.82) is 0 Å². The number of Topliss-reactive ketones (excluding diaryl/α,β-unsaturated/α-hetero) is 1. The quantitative estimate of drug-likeness (QED) is 0.171. The number of aliphatic hydroxyl groups excluding tert-OH is 1. The standard InChI is InChI=1S/C35H59NO8/c1-23(2)26(19-25-12-15-32(41-9)33(20-25)43-18-17-40-8)21-29(36-34(39)44-35(5,6)7)31(38)22-28(24(3)4)30(37)14-13-27-11-10-16-42-27/h12,15,20,23-24,26-29,31,38H,10-11,13-14,16-19,21-22H2,1-9H3,(H,36,39)/t26-,27-,28-,29-,31-/m0/s1. The van der Waals surface area contributed by atoms with Crippen LogP contribution in [0, 0.1) is 23.7 Å². The summed E-state index contributed by atoms with van der Waals surface area (Å²) in [5.41, 5.74) is 0.379. The van der Waals surface area contributed by atoms with Gasteiger partial charge in [0.15, 0.2) is 11.5 Å². The first-order chi connectivity index (χ1) is 20.7. The van der Waals surface area contributed by atoms with E-state index in [9.17, 15) is 14.7 Å². The molecule has 44 heavy (non-hydrogen) atoms. The van der Waals surface area contributed by atoms with Crippen LogP contribution in [0.15, 0.2) is 18.2 Å². The van der Waals surface area contributed by atoms with E-state index in [1.54, 1.807) is 14.2 Å². The van der Waals surface area contributed by atoms with Crippen LogP contribution in [0.5, 0.6) is 11.5 Å². The topological polar surface area (TPSA) is 113 Å². The van der Waals surface area contributed by atoms with Gasteiger partial charge in [-0.25, -0.2) is 4.79 Å². The van der Waals surface area contributed by atoms with Gasteiger partial charge >= 0.3 is 6.09 Å². The Hall–Kier alpha value is -2.36. The number of carbonyl (C=O) groups is 2. The number of carbonyl (C=O) groups excluding carboxylic acids is 2. The molecule has 0 radical (unpaired) electrons. The molecule has 5 atom stereocenters. The van der Waals surface area contributed by atoms with E-state index in [2.05, 4.69) is 19.2 Å². The van der Waals surface area contributed by atoms with Gasteiger partial charge in [-0.15, -0.1) is 0 Å². The zero-order valence-electron chi connectivity index (χ0n) is 28.6. The summed E-state index contributed by atoms with van der Waals surface area (Å²) in [4.78, 5) is 26.3. The molecule has 2 rings (SSSR count). The maximum atomic E-state index is 13.4. The van der Waals surface area contributed by atoms with Crippen molar-refractivity contribution in [2.45, 2.75) is 117 Å². The van der Waals surface area contributed by atoms with Gasteiger partial charge in [-0.05, 0) is 94.7 Å². The average molecular weight is 622 g/mol. The van der Waals surface area contributed by atoms with E-state index in [1.165, 1.54) is 0 Å². The molecule has 2 N–H and O–H groups in total. The zero-order valence-corrected chi connectivity index (χ0v) is 28.6. The van der Waals surface area contributed by atoms with Crippen LogP contribution in [-0.2, 0) is 25.4 Å². The third-order valence-corrected chi connectivity index (χ3v) is 8.39. The lowest BCUT2D eigenvalue weighted by atomic mass is 9.79. The number of amides is 1. The molecule has 1 heterocycles. The number of nitrogens with one attached hydrogen (secondary N) is 1. The minimum absolute atomic E-state index is 0.0561. The number of rotatable bonds is 19. The number of alkyl carbamates (subject to hydrolysis) is 1. The van der Waals surface area contributed by atoms with Crippen molar-refractivity contribution in [3.05, 3.63) is 23.8 Å². The van der Waals surface area contributed by atoms with Crippen LogP contribution in [0.3, 0.4) is 0 Å². The highest BCUT2D eigenvalue weighted by Gasteiger charge is 2.33. The summed E-state index contributed by atoms with van der Waals surface area (Å²) in [7, 11) is 3.24. The Balaban J connectivity index is 2.24. The summed E-state index contributed by atoms with van der Waals surface area (Å²) in [6.45, 7) is 15.4. The second-order valence-corrected chi connectivity index (χ2v) is 13.8. The molecule has 1 aliphatic heterocycles. The zero-order chi connectivity index (χ0) is 32.9. The normalized spacial score (nSPS) is 18.1. The van der Waals surface area contributed by atoms with Crippen LogP contribution in [0.1, 0.15) is 92.6 Å². The van der Waals surface area contributed by atoms with E-state index in [0.29, 0.717) is 50.4 Å². The molecule has 0 spiro atoms. The third-order valence-electron chi connectivity index (χ3n) is 8.39. The molecule has 1 amide bonds. The Morgan fingerprint density at radius 2 is 1.77 bits per heavy atom. The summed E-state index contributed by atoms with van der Waals surface area (Å²) in [5, 5.41) is 14.6. The van der Waals surface area contributed by atoms with Crippen molar-refractivity contribution in [3.63, 3.8) is 0 Å². The molecule has 252 valence electrons. The van der Waals surface area contributed by atoms with Crippen LogP contribution >= 0.6 is 0 Å². The molecule has 1 aliphatic rings. The van der Waals surface area contributed by atoms with Gasteiger partial charge in [-0.2, -0.15) is 0 Å². The fraction of sp³-hybridized carbons (Fsp3) is 0.771. The first-order valence-corrected chi connectivity index (χ1v) is 16.3. The summed E-state index contributed by atoms with van der Waals surface area (Å²) in [6.07, 6.45) is 3.32. The summed E-state index contributed by atoms with van der Waals surface area (Å²) >= 11 is 0. The Bertz CT molecular complexity index is 999. The van der Waals surface area contributed by atoms with E-state index in [4.69, 9.17) is 23.7 Å². The number of benzene rings is 1. The predicted molar refractivity (Wildman–Crippen MR) is 172 cm³/mol. The molecule has 9 nitrogen and oxygen atoms in total. The number of ether oxygens (including phenoxy) is 5. The molecule has 0 aromatic heterocycles. The Kier molecular flexibility index (Phi) is 16.0. The first-order valence-electron chi connectivity index (χ1n) is 16.3. The minimum Gasteiger partial charge on any atom is -0.493 e. The van der Waals surface area contributed by atoms with Gasteiger partial charge < -0.3 is 34.1 Å². The van der Waals surface area contributed by atoms with Gasteiger partial charge in [0.2, 0.25) is 0 Å². The highest BCUT2D eigenvalue weighted by atomic mass is 16.6. The highest BCUT2D eigenvalue weighted by Crippen LogP contribution is 2.32. The van der Waals surface area contributed by atoms with Crippen molar-refractivity contribution in [2.75, 3.05) is 34.0 Å². The van der Waals surface area contributed by atoms with Crippen LogP contribution in [0.4, 0.5) is 4.79 Å². The van der Waals surface area contributed by atoms with E-state index < -0.39 is 23.8 Å². The van der Waals surface area contributed by atoms with E-state index >= 15 is 0 Å². The van der Waals surface area contributed by atoms with Crippen molar-refractivity contribution in [3.8, 4) is 11.5 Å². The van der Waals surface area contributed by atoms with Crippen molar-refractivity contribution < 1.29 is 38.4 Å². The maximum absolute atomic E-state index is 13.4. The lowest BCUT2D eigenvalue weighted by molar-refractivity contribution is -0.126. The van der Waals surface area contributed by atoms with Gasteiger partial charge in [0.1, 0.15) is 18.0 Å². The van der Waals surface area contributed by atoms with Crippen LogP contribution in [0.25, 0.3) is 0 Å². The van der Waals surface area contributed by atoms with Crippen LogP contribution < -0.4 is 14.8 Å². The summed E-state index contributed by atoms with van der Waals surface area (Å²) < 4.78 is 27.8. The largest absolute Gasteiger partial charge is 0.493 e. The molecular formula is C35H59NO8. The van der Waals surface area contributed by atoms with Crippen LogP contribution in [0.2, 0.25) is 0 Å². The van der Waals surface area contributed by atoms with Crippen molar-refractivity contribution in [2.24, 2.45) is 23.7 Å². The molecule has 9 heteroatoms. The number of methoxy groups -OCH3 is 2. The van der Waals surface area contributed by atoms with Gasteiger partial charge in [0.05, 0.1) is 32.0 Å². The fourth-order valence-electron chi connectivity index (χ4n) is 5.75. The Morgan fingerprint density at radius 1 is 1.05 bits per heavy atom. The van der Waals surface area contributed by atoms with Gasteiger partial charge in [-0.1, -0.05) is 33.8 Å². The molecule has 1 saturated heterocycles.